The van der Waals surface area contributed by atoms with Crippen molar-refractivity contribution in [1.29, 1.82) is 0 Å². The van der Waals surface area contributed by atoms with E-state index >= 15 is 0 Å². The fraction of sp³-hybridized carbons (Fsp3) is 0.778. The van der Waals surface area contributed by atoms with Gasteiger partial charge in [0.05, 0.1) is 13.1 Å². The number of carboxylic acid groups (broad SMARTS) is 2. The number of hydrogen-bond acceptors (Lipinski definition) is 4. The highest BCUT2D eigenvalue weighted by molar-refractivity contribution is 5.69. The lowest BCUT2D eigenvalue weighted by atomic mass is 10.2. The molecule has 0 amide bonds. The Morgan fingerprint density at radius 3 is 1.53 bits per heavy atom. The quantitative estimate of drug-likeness (QED) is 0.369. The molecule has 0 radical (unpaired) electrons. The van der Waals surface area contributed by atoms with E-state index in [1.54, 1.807) is 0 Å². The smallest absolute Gasteiger partial charge is 0.317 e. The number of aliphatic carboxylic acids is 2. The molecule has 0 aromatic heterocycles. The van der Waals surface area contributed by atoms with Gasteiger partial charge in [0.1, 0.15) is 0 Å². The molecule has 4 N–H and O–H groups in total. The largest absolute Gasteiger partial charge is 0.480 e. The summed E-state index contributed by atoms with van der Waals surface area (Å²) in [7, 11) is 0. The van der Waals surface area contributed by atoms with E-state index < -0.39 is 11.9 Å². The Hall–Kier alpha value is -1.14. The molecule has 15 heavy (non-hydrogen) atoms. The molecule has 0 aliphatic heterocycles. The summed E-state index contributed by atoms with van der Waals surface area (Å²) in [5.41, 5.74) is 0. The van der Waals surface area contributed by atoms with Gasteiger partial charge < -0.3 is 20.8 Å². The second-order valence-electron chi connectivity index (χ2n) is 3.20. The third-order valence-corrected chi connectivity index (χ3v) is 1.76. The summed E-state index contributed by atoms with van der Waals surface area (Å²) in [6, 6.07) is 0. The van der Waals surface area contributed by atoms with Crippen molar-refractivity contribution in [2.75, 3.05) is 26.2 Å². The molecule has 6 heteroatoms. The van der Waals surface area contributed by atoms with E-state index in [0.717, 1.165) is 19.3 Å². The normalized spacial score (nSPS) is 10.1. The van der Waals surface area contributed by atoms with Crippen LogP contribution in [0.4, 0.5) is 0 Å². The van der Waals surface area contributed by atoms with Crippen molar-refractivity contribution in [3.05, 3.63) is 0 Å². The van der Waals surface area contributed by atoms with Gasteiger partial charge in [0.25, 0.3) is 0 Å². The van der Waals surface area contributed by atoms with Gasteiger partial charge in [-0.25, -0.2) is 0 Å². The highest BCUT2D eigenvalue weighted by atomic mass is 16.4. The predicted octanol–water partition coefficient (Wildman–Crippen LogP) is -0.495. The first-order valence-corrected chi connectivity index (χ1v) is 4.98. The highest BCUT2D eigenvalue weighted by Gasteiger charge is 1.96. The molecule has 0 saturated carbocycles. The maximum atomic E-state index is 10.1. The van der Waals surface area contributed by atoms with Gasteiger partial charge in [-0.2, -0.15) is 0 Å². The summed E-state index contributed by atoms with van der Waals surface area (Å²) in [5, 5.41) is 22.2. The van der Waals surface area contributed by atoms with Crippen molar-refractivity contribution >= 4 is 11.9 Å². The van der Waals surface area contributed by atoms with E-state index in [4.69, 9.17) is 10.2 Å². The van der Waals surface area contributed by atoms with Gasteiger partial charge in [-0.15, -0.1) is 0 Å². The van der Waals surface area contributed by atoms with Crippen LogP contribution in [0.2, 0.25) is 0 Å². The first kappa shape index (κ1) is 13.9. The lowest BCUT2D eigenvalue weighted by Gasteiger charge is -2.02. The van der Waals surface area contributed by atoms with E-state index in [1.165, 1.54) is 0 Å². The van der Waals surface area contributed by atoms with Gasteiger partial charge in [-0.1, -0.05) is 6.42 Å². The van der Waals surface area contributed by atoms with Crippen LogP contribution in [0.5, 0.6) is 0 Å². The van der Waals surface area contributed by atoms with Crippen LogP contribution in [0, 0.1) is 0 Å². The lowest BCUT2D eigenvalue weighted by molar-refractivity contribution is -0.136. The van der Waals surface area contributed by atoms with Crippen molar-refractivity contribution in [1.82, 2.24) is 10.6 Å². The average molecular weight is 218 g/mol. The number of rotatable bonds is 10. The van der Waals surface area contributed by atoms with E-state index in [-0.39, 0.29) is 13.1 Å². The van der Waals surface area contributed by atoms with Crippen molar-refractivity contribution in [2.24, 2.45) is 0 Å². The fourth-order valence-electron chi connectivity index (χ4n) is 1.07. The summed E-state index contributed by atoms with van der Waals surface area (Å²) in [6.07, 6.45) is 2.77. The van der Waals surface area contributed by atoms with Crippen molar-refractivity contribution in [3.63, 3.8) is 0 Å². The van der Waals surface area contributed by atoms with Crippen molar-refractivity contribution < 1.29 is 19.8 Å². The van der Waals surface area contributed by atoms with Crippen LogP contribution >= 0.6 is 0 Å². The van der Waals surface area contributed by atoms with Gasteiger partial charge in [-0.05, 0) is 25.9 Å². The zero-order valence-corrected chi connectivity index (χ0v) is 8.66. The minimum atomic E-state index is -0.849. The number of carbonyl (C=O) groups is 2. The van der Waals surface area contributed by atoms with Crippen LogP contribution in [0.25, 0.3) is 0 Å². The van der Waals surface area contributed by atoms with E-state index in [2.05, 4.69) is 10.6 Å². The Kier molecular flexibility index (Phi) is 8.70. The summed E-state index contributed by atoms with van der Waals surface area (Å²) in [6.45, 7) is 1.37. The van der Waals surface area contributed by atoms with E-state index in [9.17, 15) is 9.59 Å². The molecule has 0 unspecified atom stereocenters. The van der Waals surface area contributed by atoms with Crippen LogP contribution in [-0.4, -0.2) is 48.3 Å². The van der Waals surface area contributed by atoms with Crippen LogP contribution in [0.15, 0.2) is 0 Å². The van der Waals surface area contributed by atoms with Gasteiger partial charge in [0, 0.05) is 0 Å². The maximum absolute atomic E-state index is 10.1. The summed E-state index contributed by atoms with van der Waals surface area (Å²) in [4.78, 5) is 20.2. The zero-order valence-electron chi connectivity index (χ0n) is 8.66. The number of hydrogen-bond donors (Lipinski definition) is 4. The molecule has 0 aromatic carbocycles. The first-order valence-electron chi connectivity index (χ1n) is 4.98. The molecule has 88 valence electrons. The molecule has 0 bridgehead atoms. The monoisotopic (exact) mass is 218 g/mol. The van der Waals surface area contributed by atoms with E-state index in [1.807, 2.05) is 0 Å². The predicted molar refractivity (Wildman–Crippen MR) is 54.9 cm³/mol. The van der Waals surface area contributed by atoms with Crippen LogP contribution < -0.4 is 10.6 Å². The topological polar surface area (TPSA) is 98.7 Å². The standard InChI is InChI=1S/C9H18N2O4/c12-8(13)6-10-4-2-1-3-5-11-7-9(14)15/h10-11H,1-7H2,(H,12,13)(H,14,15). The third kappa shape index (κ3) is 12.9. The molecule has 6 nitrogen and oxygen atoms in total. The molecule has 0 saturated heterocycles. The molecule has 0 fully saturated rings. The second-order valence-corrected chi connectivity index (χ2v) is 3.20. The Labute approximate surface area is 88.7 Å². The molecule has 0 aromatic rings. The first-order chi connectivity index (χ1) is 7.13. The van der Waals surface area contributed by atoms with Gasteiger partial charge in [0.2, 0.25) is 0 Å². The lowest BCUT2D eigenvalue weighted by Crippen LogP contribution is -2.24. The molecule has 0 aliphatic rings. The number of unbranched alkanes of at least 4 members (excludes halogenated alkanes) is 2. The highest BCUT2D eigenvalue weighted by Crippen LogP contribution is 1.91. The Morgan fingerprint density at radius 1 is 0.800 bits per heavy atom. The van der Waals surface area contributed by atoms with Crippen molar-refractivity contribution in [3.8, 4) is 0 Å². The maximum Gasteiger partial charge on any atom is 0.317 e. The number of nitrogens with one attached hydrogen (secondary N) is 2. The zero-order chi connectivity index (χ0) is 11.5. The van der Waals surface area contributed by atoms with Crippen LogP contribution in [-0.2, 0) is 9.59 Å². The van der Waals surface area contributed by atoms with Crippen LogP contribution in [0.3, 0.4) is 0 Å². The Balaban J connectivity index is 2.99. The summed E-state index contributed by atoms with van der Waals surface area (Å²) in [5.74, 6) is -1.70. The molecular weight excluding hydrogens is 200 g/mol. The number of carboxylic acids is 2. The fourth-order valence-corrected chi connectivity index (χ4v) is 1.07. The summed E-state index contributed by atoms with van der Waals surface area (Å²) >= 11 is 0. The Morgan fingerprint density at radius 2 is 1.20 bits per heavy atom. The average Bonchev–Trinajstić information content (AvgIpc) is 2.14. The molecular formula is C9H18N2O4. The van der Waals surface area contributed by atoms with Crippen LogP contribution in [0.1, 0.15) is 19.3 Å². The Bertz CT molecular complexity index is 177. The molecule has 0 rings (SSSR count). The van der Waals surface area contributed by atoms with Crippen molar-refractivity contribution in [2.45, 2.75) is 19.3 Å². The molecule has 0 atom stereocenters. The minimum absolute atomic E-state index is 0.00271. The minimum Gasteiger partial charge on any atom is -0.480 e. The summed E-state index contributed by atoms with van der Waals surface area (Å²) < 4.78 is 0. The molecule has 0 heterocycles. The van der Waals surface area contributed by atoms with E-state index in [0.29, 0.717) is 13.1 Å². The van der Waals surface area contributed by atoms with Gasteiger partial charge in [0.15, 0.2) is 0 Å². The van der Waals surface area contributed by atoms with Gasteiger partial charge >= 0.3 is 11.9 Å². The van der Waals surface area contributed by atoms with Gasteiger partial charge in [-0.3, -0.25) is 9.59 Å². The molecule has 0 spiro atoms. The molecule has 0 aliphatic carbocycles. The second kappa shape index (κ2) is 9.42. The third-order valence-electron chi connectivity index (χ3n) is 1.76. The SMILES string of the molecule is O=C(O)CNCCCCCNCC(=O)O.